The molecule has 2 N–H and O–H groups in total. The zero-order valence-corrected chi connectivity index (χ0v) is 15.7. The molecule has 138 valence electrons. The smallest absolute Gasteiger partial charge is 0.331 e. The van der Waals surface area contributed by atoms with Crippen LogP contribution in [0.15, 0.2) is 23.8 Å². The lowest BCUT2D eigenvalue weighted by Crippen LogP contribution is -2.15. The average Bonchev–Trinajstić information content (AvgIpc) is 2.51. The maximum absolute atomic E-state index is 11.6. The highest BCUT2D eigenvalue weighted by molar-refractivity contribution is 5.89. The fourth-order valence-electron chi connectivity index (χ4n) is 2.89. The van der Waals surface area contributed by atoms with Crippen molar-refractivity contribution in [3.05, 3.63) is 23.8 Å². The molecule has 0 bridgehead atoms. The molecule has 0 saturated carbocycles. The van der Waals surface area contributed by atoms with Crippen LogP contribution in [0.1, 0.15) is 72.6 Å². The first kappa shape index (κ1) is 22.4. The van der Waals surface area contributed by atoms with E-state index < -0.39 is 17.9 Å². The Morgan fingerprint density at radius 1 is 1.08 bits per heavy atom. The van der Waals surface area contributed by atoms with E-state index in [9.17, 15) is 19.8 Å². The summed E-state index contributed by atoms with van der Waals surface area (Å²) < 4.78 is 0. The Morgan fingerprint density at radius 2 is 1.71 bits per heavy atom. The largest absolute Gasteiger partial charge is 0.478 e. The van der Waals surface area contributed by atoms with Gasteiger partial charge in [-0.1, -0.05) is 66.0 Å². The zero-order valence-electron chi connectivity index (χ0n) is 15.7. The molecule has 0 heterocycles. The van der Waals surface area contributed by atoms with Crippen LogP contribution in [0.4, 0.5) is 0 Å². The van der Waals surface area contributed by atoms with Gasteiger partial charge in [0.2, 0.25) is 0 Å². The minimum absolute atomic E-state index is 0.0699. The van der Waals surface area contributed by atoms with Gasteiger partial charge >= 0.3 is 11.9 Å². The van der Waals surface area contributed by atoms with E-state index in [4.69, 9.17) is 0 Å². The molecule has 0 amide bonds. The van der Waals surface area contributed by atoms with E-state index in [0.717, 1.165) is 32.1 Å². The quantitative estimate of drug-likeness (QED) is 0.447. The number of allylic oxidation sites excluding steroid dienone is 1. The molecule has 0 aromatic carbocycles. The van der Waals surface area contributed by atoms with Crippen LogP contribution >= 0.6 is 0 Å². The molecule has 4 nitrogen and oxygen atoms in total. The minimum atomic E-state index is -1.06. The van der Waals surface area contributed by atoms with Crippen LogP contribution in [0, 0.1) is 17.8 Å². The number of hydrogen-bond donors (Lipinski definition) is 2. The van der Waals surface area contributed by atoms with Gasteiger partial charge in [0.25, 0.3) is 0 Å². The van der Waals surface area contributed by atoms with Gasteiger partial charge in [0.1, 0.15) is 0 Å². The Kier molecular flexibility index (Phi) is 11.1. The number of carboxylic acid groups (broad SMARTS) is 2. The van der Waals surface area contributed by atoms with Crippen molar-refractivity contribution in [3.8, 4) is 0 Å². The highest BCUT2D eigenvalue weighted by Crippen LogP contribution is 2.26. The van der Waals surface area contributed by atoms with Crippen molar-refractivity contribution in [1.29, 1.82) is 0 Å². The van der Waals surface area contributed by atoms with Crippen LogP contribution in [0.3, 0.4) is 0 Å². The Hall–Kier alpha value is -1.58. The summed E-state index contributed by atoms with van der Waals surface area (Å²) in [6.45, 7) is 11.9. The topological polar surface area (TPSA) is 74.6 Å². The van der Waals surface area contributed by atoms with Crippen LogP contribution in [-0.2, 0) is 9.59 Å². The van der Waals surface area contributed by atoms with E-state index in [1.165, 1.54) is 0 Å². The predicted molar refractivity (Wildman–Crippen MR) is 98.0 cm³/mol. The lowest BCUT2D eigenvalue weighted by atomic mass is 9.87. The summed E-state index contributed by atoms with van der Waals surface area (Å²) >= 11 is 0. The molecule has 0 aromatic heterocycles. The van der Waals surface area contributed by atoms with E-state index in [-0.39, 0.29) is 11.5 Å². The molecule has 24 heavy (non-hydrogen) atoms. The molecule has 0 aliphatic rings. The van der Waals surface area contributed by atoms with E-state index in [0.29, 0.717) is 24.3 Å². The van der Waals surface area contributed by atoms with Gasteiger partial charge in [-0.15, -0.1) is 0 Å². The van der Waals surface area contributed by atoms with E-state index in [1.807, 2.05) is 13.8 Å². The number of hydrogen-bond acceptors (Lipinski definition) is 2. The first-order valence-electron chi connectivity index (χ1n) is 9.08. The molecular weight excluding hydrogens is 304 g/mol. The zero-order chi connectivity index (χ0) is 18.7. The van der Waals surface area contributed by atoms with E-state index >= 15 is 0 Å². The fraction of sp³-hybridized carbons (Fsp3) is 0.700. The van der Waals surface area contributed by atoms with Crippen LogP contribution in [0.25, 0.3) is 0 Å². The highest BCUT2D eigenvalue weighted by atomic mass is 16.4. The summed E-state index contributed by atoms with van der Waals surface area (Å²) in [6, 6.07) is 0. The first-order chi connectivity index (χ1) is 11.2. The van der Waals surface area contributed by atoms with Gasteiger partial charge in [0.15, 0.2) is 0 Å². The molecule has 0 spiro atoms. The fourth-order valence-corrected chi connectivity index (χ4v) is 2.89. The summed E-state index contributed by atoms with van der Waals surface area (Å²) in [6.07, 6.45) is 8.01. The molecule has 0 aromatic rings. The Bertz CT molecular complexity index is 449. The van der Waals surface area contributed by atoms with Gasteiger partial charge in [-0.25, -0.2) is 9.59 Å². The standard InChI is InChI=1S/C20H34O4/c1-6-8-9-16(7-2)10-11-17(20(23)24)13-18(12-14(3)4)15(5)19(21)22/h13-14,16,18H,5-12H2,1-4H3,(H,21,22)(H,23,24). The van der Waals surface area contributed by atoms with E-state index in [1.54, 1.807) is 6.08 Å². The van der Waals surface area contributed by atoms with E-state index in [2.05, 4.69) is 20.4 Å². The Labute approximate surface area is 146 Å². The van der Waals surface area contributed by atoms with Crippen molar-refractivity contribution < 1.29 is 19.8 Å². The van der Waals surface area contributed by atoms with Crippen LogP contribution in [0.5, 0.6) is 0 Å². The van der Waals surface area contributed by atoms with Crippen molar-refractivity contribution in [1.82, 2.24) is 0 Å². The third-order valence-electron chi connectivity index (χ3n) is 4.49. The number of aliphatic carboxylic acids is 2. The number of rotatable bonds is 13. The molecule has 0 fully saturated rings. The molecule has 0 radical (unpaired) electrons. The third kappa shape index (κ3) is 8.90. The molecule has 2 atom stereocenters. The van der Waals surface area contributed by atoms with Crippen molar-refractivity contribution in [2.75, 3.05) is 0 Å². The highest BCUT2D eigenvalue weighted by Gasteiger charge is 2.21. The van der Waals surface area contributed by atoms with Crippen molar-refractivity contribution in [2.45, 2.75) is 72.6 Å². The second-order valence-electron chi connectivity index (χ2n) is 7.02. The molecule has 0 rings (SSSR count). The first-order valence-corrected chi connectivity index (χ1v) is 9.08. The molecular formula is C20H34O4. The van der Waals surface area contributed by atoms with Gasteiger partial charge in [-0.3, -0.25) is 0 Å². The van der Waals surface area contributed by atoms with Crippen LogP contribution in [-0.4, -0.2) is 22.2 Å². The second-order valence-corrected chi connectivity index (χ2v) is 7.02. The van der Waals surface area contributed by atoms with Crippen LogP contribution in [0.2, 0.25) is 0 Å². The Morgan fingerprint density at radius 3 is 2.12 bits per heavy atom. The molecule has 0 aliphatic carbocycles. The van der Waals surface area contributed by atoms with Gasteiger partial charge in [-0.05, 0) is 31.1 Å². The third-order valence-corrected chi connectivity index (χ3v) is 4.49. The summed E-state index contributed by atoms with van der Waals surface area (Å²) in [5.74, 6) is -1.64. The summed E-state index contributed by atoms with van der Waals surface area (Å²) in [4.78, 5) is 22.8. The molecule has 4 heteroatoms. The maximum Gasteiger partial charge on any atom is 0.331 e. The van der Waals surface area contributed by atoms with Crippen molar-refractivity contribution in [2.24, 2.45) is 17.8 Å². The maximum atomic E-state index is 11.6. The van der Waals surface area contributed by atoms with Gasteiger partial charge < -0.3 is 10.2 Å². The Balaban J connectivity index is 5.14. The average molecular weight is 338 g/mol. The molecule has 2 unspecified atom stereocenters. The number of carbonyl (C=O) groups is 2. The normalized spacial score (nSPS) is 14.5. The SMILES string of the molecule is C=C(C(=O)O)C(C=C(CCC(CC)CCCC)C(=O)O)CC(C)C. The summed E-state index contributed by atoms with van der Waals surface area (Å²) in [5.41, 5.74) is 0.387. The van der Waals surface area contributed by atoms with Gasteiger partial charge in [0, 0.05) is 17.1 Å². The molecule has 0 aliphatic heterocycles. The number of unbranched alkanes of at least 4 members (excludes halogenated alkanes) is 1. The lowest BCUT2D eigenvalue weighted by Gasteiger charge is -2.18. The van der Waals surface area contributed by atoms with Crippen molar-refractivity contribution >= 4 is 11.9 Å². The monoisotopic (exact) mass is 338 g/mol. The summed E-state index contributed by atoms with van der Waals surface area (Å²) in [7, 11) is 0. The second kappa shape index (κ2) is 11.9. The minimum Gasteiger partial charge on any atom is -0.478 e. The van der Waals surface area contributed by atoms with Crippen molar-refractivity contribution in [3.63, 3.8) is 0 Å². The van der Waals surface area contributed by atoms with Gasteiger partial charge in [0.05, 0.1) is 0 Å². The molecule has 0 saturated heterocycles. The predicted octanol–water partition coefficient (Wildman–Crippen LogP) is 5.30. The van der Waals surface area contributed by atoms with Crippen LogP contribution < -0.4 is 0 Å². The number of carboxylic acids is 2. The lowest BCUT2D eigenvalue weighted by molar-refractivity contribution is -0.134. The summed E-state index contributed by atoms with van der Waals surface area (Å²) in [5, 5.41) is 18.7. The van der Waals surface area contributed by atoms with Gasteiger partial charge in [-0.2, -0.15) is 0 Å².